The minimum atomic E-state index is 0.470. The molecule has 1 aliphatic rings. The second-order valence-corrected chi connectivity index (χ2v) is 6.92. The van der Waals surface area contributed by atoms with Gasteiger partial charge in [-0.1, -0.05) is 12.1 Å². The Balaban J connectivity index is 1.36. The van der Waals surface area contributed by atoms with E-state index in [1.165, 1.54) is 11.4 Å². The third kappa shape index (κ3) is 3.40. The molecule has 1 saturated heterocycles. The number of para-hydroxylation sites is 2. The average Bonchev–Trinajstić information content (AvgIpc) is 3.05. The lowest BCUT2D eigenvalue weighted by Gasteiger charge is -2.34. The lowest BCUT2D eigenvalue weighted by atomic mass is 10.0. The summed E-state index contributed by atoms with van der Waals surface area (Å²) in [5, 5.41) is 3.57. The van der Waals surface area contributed by atoms with Gasteiger partial charge in [-0.25, -0.2) is 4.98 Å². The molecular formula is C20H25N5. The number of piperidine rings is 1. The van der Waals surface area contributed by atoms with E-state index in [0.29, 0.717) is 6.04 Å². The van der Waals surface area contributed by atoms with Gasteiger partial charge in [-0.15, -0.1) is 0 Å². The van der Waals surface area contributed by atoms with Gasteiger partial charge < -0.3 is 20.1 Å². The molecule has 130 valence electrons. The molecule has 5 nitrogen and oxygen atoms in total. The van der Waals surface area contributed by atoms with E-state index < -0.39 is 0 Å². The number of rotatable bonds is 4. The van der Waals surface area contributed by atoms with Crippen LogP contribution in [0, 0.1) is 0 Å². The number of aromatic nitrogens is 2. The molecule has 0 unspecified atom stereocenters. The molecule has 4 rings (SSSR count). The quantitative estimate of drug-likeness (QED) is 0.763. The van der Waals surface area contributed by atoms with Crippen LogP contribution in [0.25, 0.3) is 11.0 Å². The van der Waals surface area contributed by atoms with Crippen LogP contribution < -0.4 is 15.1 Å². The van der Waals surface area contributed by atoms with E-state index in [-0.39, 0.29) is 0 Å². The minimum Gasteiger partial charge on any atom is -0.378 e. The van der Waals surface area contributed by atoms with Crippen molar-refractivity contribution in [1.29, 1.82) is 0 Å². The lowest BCUT2D eigenvalue weighted by molar-refractivity contribution is 0.524. The van der Waals surface area contributed by atoms with E-state index in [1.54, 1.807) is 0 Å². The van der Waals surface area contributed by atoms with Crippen LogP contribution in [-0.4, -0.2) is 43.2 Å². The molecule has 2 heterocycles. The number of hydrogen-bond acceptors (Lipinski definition) is 4. The molecule has 25 heavy (non-hydrogen) atoms. The Morgan fingerprint density at radius 3 is 2.44 bits per heavy atom. The Morgan fingerprint density at radius 2 is 1.76 bits per heavy atom. The maximum Gasteiger partial charge on any atom is 0.201 e. The first-order valence-corrected chi connectivity index (χ1v) is 8.93. The van der Waals surface area contributed by atoms with Gasteiger partial charge in [-0.05, 0) is 49.2 Å². The zero-order valence-electron chi connectivity index (χ0n) is 14.9. The summed E-state index contributed by atoms with van der Waals surface area (Å²) in [5.41, 5.74) is 4.66. The molecule has 2 aromatic carbocycles. The second-order valence-electron chi connectivity index (χ2n) is 6.92. The standard InChI is InChI=1S/C20H25N5/c1-24(2)16-7-9-17(10-8-16)25-13-11-15(12-14-25)21-20-22-18-5-3-4-6-19(18)23-20/h3-10,15H,11-14H2,1-2H3,(H2,21,22,23). The van der Waals surface area contributed by atoms with Crippen molar-refractivity contribution in [3.63, 3.8) is 0 Å². The van der Waals surface area contributed by atoms with Crippen LogP contribution in [0.2, 0.25) is 0 Å². The Hall–Kier alpha value is -2.69. The van der Waals surface area contributed by atoms with Crippen LogP contribution >= 0.6 is 0 Å². The fourth-order valence-corrected chi connectivity index (χ4v) is 3.46. The van der Waals surface area contributed by atoms with Crippen LogP contribution in [0.3, 0.4) is 0 Å². The zero-order valence-corrected chi connectivity index (χ0v) is 14.9. The van der Waals surface area contributed by atoms with Crippen molar-refractivity contribution >= 4 is 28.4 Å². The number of benzene rings is 2. The highest BCUT2D eigenvalue weighted by atomic mass is 15.2. The molecule has 5 heteroatoms. The summed E-state index contributed by atoms with van der Waals surface area (Å²) < 4.78 is 0. The fraction of sp³-hybridized carbons (Fsp3) is 0.350. The molecule has 3 aromatic rings. The molecule has 0 amide bonds. The Morgan fingerprint density at radius 1 is 1.04 bits per heavy atom. The summed E-state index contributed by atoms with van der Waals surface area (Å²) in [6, 6.07) is 17.5. The van der Waals surface area contributed by atoms with Crippen molar-refractivity contribution in [3.05, 3.63) is 48.5 Å². The van der Waals surface area contributed by atoms with Gasteiger partial charge in [0.25, 0.3) is 0 Å². The van der Waals surface area contributed by atoms with Gasteiger partial charge in [0.2, 0.25) is 5.95 Å². The SMILES string of the molecule is CN(C)c1ccc(N2CCC(Nc3nc4ccccc4[nH]3)CC2)cc1. The van der Waals surface area contributed by atoms with Crippen LogP contribution in [0.15, 0.2) is 48.5 Å². The van der Waals surface area contributed by atoms with E-state index in [1.807, 2.05) is 18.2 Å². The smallest absolute Gasteiger partial charge is 0.201 e. The summed E-state index contributed by atoms with van der Waals surface area (Å²) >= 11 is 0. The monoisotopic (exact) mass is 335 g/mol. The third-order valence-corrected chi connectivity index (χ3v) is 4.96. The number of imidazole rings is 1. The molecule has 0 spiro atoms. The number of nitrogens with zero attached hydrogens (tertiary/aromatic N) is 3. The first-order valence-electron chi connectivity index (χ1n) is 8.93. The Labute approximate surface area is 148 Å². The first kappa shape index (κ1) is 15.8. The molecule has 0 saturated carbocycles. The molecule has 0 bridgehead atoms. The Kier molecular flexibility index (Phi) is 4.22. The molecule has 2 N–H and O–H groups in total. The summed E-state index contributed by atoms with van der Waals surface area (Å²) in [7, 11) is 4.15. The summed E-state index contributed by atoms with van der Waals surface area (Å²) in [5.74, 6) is 0.884. The number of nitrogens with one attached hydrogen (secondary N) is 2. The van der Waals surface area contributed by atoms with Gasteiger partial charge in [0.1, 0.15) is 0 Å². The Bertz CT molecular complexity index is 796. The van der Waals surface area contributed by atoms with Crippen molar-refractivity contribution in [2.75, 3.05) is 42.3 Å². The van der Waals surface area contributed by atoms with Gasteiger partial charge >= 0.3 is 0 Å². The number of H-pyrrole nitrogens is 1. The van der Waals surface area contributed by atoms with Crippen molar-refractivity contribution in [2.45, 2.75) is 18.9 Å². The second kappa shape index (κ2) is 6.67. The molecule has 1 aliphatic heterocycles. The molecule has 0 atom stereocenters. The van der Waals surface area contributed by atoms with Gasteiger partial charge in [0.05, 0.1) is 11.0 Å². The van der Waals surface area contributed by atoms with Crippen molar-refractivity contribution in [2.24, 2.45) is 0 Å². The van der Waals surface area contributed by atoms with Gasteiger partial charge in [0, 0.05) is 44.6 Å². The zero-order chi connectivity index (χ0) is 17.2. The topological polar surface area (TPSA) is 47.2 Å². The number of anilines is 3. The predicted molar refractivity (Wildman–Crippen MR) is 106 cm³/mol. The van der Waals surface area contributed by atoms with Gasteiger partial charge in [-0.3, -0.25) is 0 Å². The highest BCUT2D eigenvalue weighted by molar-refractivity contribution is 5.77. The lowest BCUT2D eigenvalue weighted by Crippen LogP contribution is -2.39. The molecular weight excluding hydrogens is 310 g/mol. The normalized spacial score (nSPS) is 15.5. The van der Waals surface area contributed by atoms with Crippen molar-refractivity contribution in [3.8, 4) is 0 Å². The number of aromatic amines is 1. The number of hydrogen-bond donors (Lipinski definition) is 2. The van der Waals surface area contributed by atoms with E-state index in [2.05, 4.69) is 69.5 Å². The molecule has 1 aromatic heterocycles. The molecule has 1 fully saturated rings. The number of fused-ring (bicyclic) bond motifs is 1. The van der Waals surface area contributed by atoms with Crippen LogP contribution in [0.1, 0.15) is 12.8 Å². The van der Waals surface area contributed by atoms with Crippen LogP contribution in [0.5, 0.6) is 0 Å². The van der Waals surface area contributed by atoms with E-state index in [9.17, 15) is 0 Å². The van der Waals surface area contributed by atoms with E-state index in [4.69, 9.17) is 0 Å². The van der Waals surface area contributed by atoms with Crippen molar-refractivity contribution in [1.82, 2.24) is 9.97 Å². The third-order valence-electron chi connectivity index (χ3n) is 4.96. The van der Waals surface area contributed by atoms with E-state index in [0.717, 1.165) is 42.9 Å². The maximum absolute atomic E-state index is 4.63. The fourth-order valence-electron chi connectivity index (χ4n) is 3.46. The molecule has 0 radical (unpaired) electrons. The van der Waals surface area contributed by atoms with Gasteiger partial charge in [0.15, 0.2) is 0 Å². The average molecular weight is 335 g/mol. The first-order chi connectivity index (χ1) is 12.2. The van der Waals surface area contributed by atoms with Crippen LogP contribution in [0.4, 0.5) is 17.3 Å². The summed E-state index contributed by atoms with van der Waals surface area (Å²) in [4.78, 5) is 12.6. The van der Waals surface area contributed by atoms with E-state index >= 15 is 0 Å². The maximum atomic E-state index is 4.63. The summed E-state index contributed by atoms with van der Waals surface area (Å²) in [6.07, 6.45) is 2.24. The largest absolute Gasteiger partial charge is 0.378 e. The van der Waals surface area contributed by atoms with Crippen molar-refractivity contribution < 1.29 is 0 Å². The van der Waals surface area contributed by atoms with Gasteiger partial charge in [-0.2, -0.15) is 0 Å². The highest BCUT2D eigenvalue weighted by Gasteiger charge is 2.20. The van der Waals surface area contributed by atoms with Crippen LogP contribution in [-0.2, 0) is 0 Å². The highest BCUT2D eigenvalue weighted by Crippen LogP contribution is 2.24. The summed E-state index contributed by atoms with van der Waals surface area (Å²) in [6.45, 7) is 2.14. The molecule has 0 aliphatic carbocycles. The predicted octanol–water partition coefficient (Wildman–Crippen LogP) is 3.71. The minimum absolute atomic E-state index is 0.470.